The molecule has 1 heterocycles. The molecule has 5 rings (SSSR count). The summed E-state index contributed by atoms with van der Waals surface area (Å²) in [6, 6.07) is 0. The van der Waals surface area contributed by atoms with E-state index in [9.17, 15) is 27.9 Å². The van der Waals surface area contributed by atoms with Gasteiger partial charge in [-0.3, -0.25) is 9.59 Å². The van der Waals surface area contributed by atoms with Crippen LogP contribution in [-0.2, 0) is 53.9 Å². The first kappa shape index (κ1) is 24.4. The van der Waals surface area contributed by atoms with Gasteiger partial charge in [-0.15, -0.1) is 0 Å². The number of ether oxygens (including phenoxy) is 5. The van der Waals surface area contributed by atoms with E-state index < -0.39 is 89.0 Å². The molecular formula is C23H28O11S. The van der Waals surface area contributed by atoms with Gasteiger partial charge in [0.05, 0.1) is 23.2 Å². The minimum absolute atomic E-state index is 0.103. The van der Waals surface area contributed by atoms with Crippen molar-refractivity contribution < 1.29 is 51.6 Å². The second kappa shape index (κ2) is 8.97. The van der Waals surface area contributed by atoms with Crippen LogP contribution in [0.3, 0.4) is 0 Å². The maximum Gasteiger partial charge on any atom is 0.344 e. The first-order valence-electron chi connectivity index (χ1n) is 11.7. The Kier molecular flexibility index (Phi) is 6.25. The average Bonchev–Trinajstić information content (AvgIpc) is 3.58. The van der Waals surface area contributed by atoms with Gasteiger partial charge in [0.2, 0.25) is 0 Å². The second-order valence-corrected chi connectivity index (χ2v) is 11.3. The quantitative estimate of drug-likeness (QED) is 0.208. The predicted octanol–water partition coefficient (Wildman–Crippen LogP) is 0.382. The van der Waals surface area contributed by atoms with Crippen molar-refractivity contribution in [2.75, 3.05) is 13.7 Å². The van der Waals surface area contributed by atoms with Crippen molar-refractivity contribution in [1.82, 2.24) is 0 Å². The number of carbonyl (C=O) groups is 4. The number of rotatable bonds is 8. The molecule has 0 radical (unpaired) electrons. The van der Waals surface area contributed by atoms with Gasteiger partial charge in [-0.2, -0.15) is 0 Å². The van der Waals surface area contributed by atoms with E-state index in [2.05, 4.69) is 6.58 Å². The van der Waals surface area contributed by atoms with Crippen LogP contribution in [0.5, 0.6) is 0 Å². The van der Waals surface area contributed by atoms with E-state index in [0.29, 0.717) is 19.3 Å². The molecule has 12 atom stereocenters. The highest BCUT2D eigenvalue weighted by Gasteiger charge is 2.70. The van der Waals surface area contributed by atoms with Gasteiger partial charge in [0.25, 0.3) is 0 Å². The van der Waals surface area contributed by atoms with Crippen LogP contribution in [-0.4, -0.2) is 76.0 Å². The number of esters is 4. The summed E-state index contributed by atoms with van der Waals surface area (Å²) in [6.07, 6.45) is -1.00. The molecule has 0 amide bonds. The summed E-state index contributed by atoms with van der Waals surface area (Å²) in [5, 5.41) is -0.421. The van der Waals surface area contributed by atoms with Crippen molar-refractivity contribution in [3.63, 3.8) is 0 Å². The molecule has 192 valence electrons. The van der Waals surface area contributed by atoms with Crippen molar-refractivity contribution in [2.24, 2.45) is 35.5 Å². The van der Waals surface area contributed by atoms with Crippen LogP contribution >= 0.6 is 0 Å². The minimum atomic E-state index is -1.98. The molecule has 1 N–H and O–H groups in total. The summed E-state index contributed by atoms with van der Waals surface area (Å²) in [7, 11) is 1.48. The van der Waals surface area contributed by atoms with Crippen molar-refractivity contribution in [3.8, 4) is 0 Å². The van der Waals surface area contributed by atoms with Crippen molar-refractivity contribution in [3.05, 3.63) is 12.2 Å². The maximum absolute atomic E-state index is 13.4. The molecule has 35 heavy (non-hydrogen) atoms. The largest absolute Gasteiger partial charge is 0.459 e. The van der Waals surface area contributed by atoms with Crippen LogP contribution in [0.15, 0.2) is 12.2 Å². The second-order valence-electron chi connectivity index (χ2n) is 10.1. The van der Waals surface area contributed by atoms with Gasteiger partial charge in [0.15, 0.2) is 17.7 Å². The zero-order chi connectivity index (χ0) is 25.2. The molecule has 1 aliphatic heterocycles. The number of methoxy groups -OCH3 is 1. The van der Waals surface area contributed by atoms with E-state index in [0.717, 1.165) is 0 Å². The SMILES string of the molecule is C=C(C)C(=O)OCC(=O)OC1C2CC3C1OC(=O)C3C2C(=O)OC1C2CC(C1OC)C(S(=O)O)C2. The van der Waals surface area contributed by atoms with Crippen molar-refractivity contribution >= 4 is 35.0 Å². The van der Waals surface area contributed by atoms with E-state index in [4.69, 9.17) is 23.7 Å². The van der Waals surface area contributed by atoms with Gasteiger partial charge < -0.3 is 28.2 Å². The third-order valence-corrected chi connectivity index (χ3v) is 9.40. The molecule has 12 heteroatoms. The molecule has 4 saturated carbocycles. The number of hydrogen-bond acceptors (Lipinski definition) is 10. The van der Waals surface area contributed by atoms with E-state index in [1.807, 2.05) is 0 Å². The summed E-state index contributed by atoms with van der Waals surface area (Å²) in [5.41, 5.74) is 0.139. The summed E-state index contributed by atoms with van der Waals surface area (Å²) in [6.45, 7) is 4.28. The highest BCUT2D eigenvalue weighted by Crippen LogP contribution is 2.59. The summed E-state index contributed by atoms with van der Waals surface area (Å²) in [4.78, 5) is 49.9. The van der Waals surface area contributed by atoms with E-state index >= 15 is 0 Å². The predicted molar refractivity (Wildman–Crippen MR) is 116 cm³/mol. The van der Waals surface area contributed by atoms with Crippen LogP contribution in [0, 0.1) is 35.5 Å². The molecule has 12 unspecified atom stereocenters. The fourth-order valence-corrected chi connectivity index (χ4v) is 7.99. The number of fused-ring (bicyclic) bond motifs is 3. The molecule has 5 aliphatic rings. The van der Waals surface area contributed by atoms with Crippen molar-refractivity contribution in [1.29, 1.82) is 0 Å². The zero-order valence-corrected chi connectivity index (χ0v) is 20.1. The standard InChI is InChI=1S/C23H28O11S/c1-8(2)21(25)31-7-14(24)32-19-11-6-12-16(23(27)34-20(12)19)15(11)22(26)33-17-9-4-10(18(17)30-3)13(5-9)35(28)29/h9-13,15-20H,1,4-7H2,2-3H3,(H,28,29). The van der Waals surface area contributed by atoms with Gasteiger partial charge in [0, 0.05) is 36.4 Å². The normalized spacial score (nSPS) is 43.1. The number of carbonyl (C=O) groups excluding carboxylic acids is 4. The van der Waals surface area contributed by atoms with E-state index in [1.54, 1.807) is 0 Å². The molecule has 0 aromatic heterocycles. The highest BCUT2D eigenvalue weighted by atomic mass is 32.2. The van der Waals surface area contributed by atoms with Crippen LogP contribution in [0.1, 0.15) is 26.2 Å². The lowest BCUT2D eigenvalue weighted by molar-refractivity contribution is -0.176. The van der Waals surface area contributed by atoms with Gasteiger partial charge >= 0.3 is 23.9 Å². The first-order chi connectivity index (χ1) is 16.6. The fraction of sp³-hybridized carbons (Fsp3) is 0.739. The Morgan fingerprint density at radius 2 is 1.83 bits per heavy atom. The first-order valence-corrected chi connectivity index (χ1v) is 12.8. The molecule has 11 nitrogen and oxygen atoms in total. The average molecular weight is 513 g/mol. The smallest absolute Gasteiger partial charge is 0.344 e. The lowest BCUT2D eigenvalue weighted by Crippen LogP contribution is -2.48. The molecule has 0 spiro atoms. The molecule has 0 aromatic carbocycles. The summed E-state index contributed by atoms with van der Waals surface area (Å²) < 4.78 is 48.5. The van der Waals surface area contributed by atoms with Gasteiger partial charge in [0.1, 0.15) is 18.3 Å². The Hall–Kier alpha value is -2.31. The third-order valence-electron chi connectivity index (χ3n) is 8.34. The molecule has 5 fully saturated rings. The van der Waals surface area contributed by atoms with Crippen LogP contribution in [0.25, 0.3) is 0 Å². The topological polar surface area (TPSA) is 152 Å². The van der Waals surface area contributed by atoms with Gasteiger partial charge in [-0.1, -0.05) is 6.58 Å². The Morgan fingerprint density at radius 3 is 2.49 bits per heavy atom. The Morgan fingerprint density at radius 1 is 1.09 bits per heavy atom. The van der Waals surface area contributed by atoms with Crippen LogP contribution < -0.4 is 0 Å². The molecule has 4 bridgehead atoms. The lowest BCUT2D eigenvalue weighted by atomic mass is 9.78. The van der Waals surface area contributed by atoms with E-state index in [1.165, 1.54) is 14.0 Å². The summed E-state index contributed by atoms with van der Waals surface area (Å²) in [5.74, 6) is -5.13. The van der Waals surface area contributed by atoms with Gasteiger partial charge in [-0.25, -0.2) is 13.8 Å². The van der Waals surface area contributed by atoms with Crippen molar-refractivity contribution in [2.45, 2.75) is 55.9 Å². The summed E-state index contributed by atoms with van der Waals surface area (Å²) >= 11 is -1.98. The monoisotopic (exact) mass is 512 g/mol. The molecular weight excluding hydrogens is 484 g/mol. The molecule has 1 saturated heterocycles. The molecule has 4 aliphatic carbocycles. The van der Waals surface area contributed by atoms with Crippen LogP contribution in [0.4, 0.5) is 0 Å². The molecule has 0 aromatic rings. The van der Waals surface area contributed by atoms with Crippen LogP contribution in [0.2, 0.25) is 0 Å². The Bertz CT molecular complexity index is 994. The Balaban J connectivity index is 1.27. The lowest BCUT2D eigenvalue weighted by Gasteiger charge is -2.35. The minimum Gasteiger partial charge on any atom is -0.459 e. The highest BCUT2D eigenvalue weighted by molar-refractivity contribution is 7.79. The van der Waals surface area contributed by atoms with Gasteiger partial charge in [-0.05, 0) is 26.2 Å². The zero-order valence-electron chi connectivity index (χ0n) is 19.3. The third kappa shape index (κ3) is 3.89. The maximum atomic E-state index is 13.4. The number of hydrogen-bond donors (Lipinski definition) is 1. The Labute approximate surface area is 204 Å². The fourth-order valence-electron chi connectivity index (χ4n) is 7.02. The van der Waals surface area contributed by atoms with E-state index in [-0.39, 0.29) is 23.3 Å².